The van der Waals surface area contributed by atoms with Crippen LogP contribution in [0.2, 0.25) is 0 Å². The fourth-order valence-corrected chi connectivity index (χ4v) is 1.68. The third kappa shape index (κ3) is 1.38. The van der Waals surface area contributed by atoms with Gasteiger partial charge in [0.25, 0.3) is 0 Å². The van der Waals surface area contributed by atoms with E-state index in [1.165, 1.54) is 5.57 Å². The fraction of sp³-hybridized carbons (Fsp3) is 0.125. The van der Waals surface area contributed by atoms with Gasteiger partial charge in [0.2, 0.25) is 0 Å². The van der Waals surface area contributed by atoms with Crippen molar-refractivity contribution < 1.29 is 0 Å². The highest BCUT2D eigenvalue weighted by molar-refractivity contribution is 8.02. The Morgan fingerprint density at radius 3 is 3.18 bits per heavy atom. The molecule has 11 heavy (non-hydrogen) atoms. The summed E-state index contributed by atoms with van der Waals surface area (Å²) in [6.45, 7) is 0. The summed E-state index contributed by atoms with van der Waals surface area (Å²) in [7, 11) is 0. The van der Waals surface area contributed by atoms with Crippen LogP contribution in [0.1, 0.15) is 5.82 Å². The summed E-state index contributed by atoms with van der Waals surface area (Å²) in [6.07, 6.45) is 7.76. The molecule has 0 fully saturated rings. The smallest absolute Gasteiger partial charge is 0.134 e. The van der Waals surface area contributed by atoms with Crippen LogP contribution in [0.25, 0.3) is 5.57 Å². The van der Waals surface area contributed by atoms with E-state index in [1.807, 2.05) is 12.3 Å². The van der Waals surface area contributed by atoms with Crippen LogP contribution in [0, 0.1) is 0 Å². The summed E-state index contributed by atoms with van der Waals surface area (Å²) in [4.78, 5) is 7.25. The minimum absolute atomic E-state index is 0.988. The Bertz CT molecular complexity index is 285. The number of aromatic nitrogens is 2. The van der Waals surface area contributed by atoms with Crippen molar-refractivity contribution in [3.63, 3.8) is 0 Å². The lowest BCUT2D eigenvalue weighted by molar-refractivity contribution is 1.23. The van der Waals surface area contributed by atoms with Crippen LogP contribution >= 0.6 is 11.8 Å². The number of H-pyrrole nitrogens is 1. The first-order valence-corrected chi connectivity index (χ1v) is 4.49. The van der Waals surface area contributed by atoms with Crippen molar-refractivity contribution in [3.8, 4) is 0 Å². The lowest BCUT2D eigenvalue weighted by Crippen LogP contribution is -1.91. The van der Waals surface area contributed by atoms with Gasteiger partial charge in [0.1, 0.15) is 5.82 Å². The molecular formula is C8H8N2S. The van der Waals surface area contributed by atoms with E-state index in [0.717, 1.165) is 11.6 Å². The molecule has 0 aliphatic carbocycles. The lowest BCUT2D eigenvalue weighted by Gasteiger charge is -2.03. The van der Waals surface area contributed by atoms with Gasteiger partial charge in [-0.15, -0.1) is 11.8 Å². The Kier molecular flexibility index (Phi) is 1.81. The van der Waals surface area contributed by atoms with Crippen molar-refractivity contribution in [2.24, 2.45) is 0 Å². The maximum absolute atomic E-state index is 4.17. The number of nitrogens with zero attached hydrogens (tertiary/aromatic N) is 1. The molecule has 0 saturated carbocycles. The van der Waals surface area contributed by atoms with E-state index >= 15 is 0 Å². The summed E-state index contributed by atoms with van der Waals surface area (Å²) in [5, 5.41) is 2.09. The van der Waals surface area contributed by atoms with Crippen LogP contribution in [-0.2, 0) is 0 Å². The van der Waals surface area contributed by atoms with Crippen molar-refractivity contribution in [1.82, 2.24) is 9.97 Å². The molecule has 3 heteroatoms. The number of rotatable bonds is 1. The standard InChI is InChI=1S/C8H8N2S/c1-2-7(6-11-5-1)8-9-3-4-10-8/h1-5H,6H2,(H,9,10). The molecule has 0 amide bonds. The molecule has 0 unspecified atom stereocenters. The molecule has 1 aliphatic heterocycles. The fourth-order valence-electron chi connectivity index (χ4n) is 0.985. The second kappa shape index (κ2) is 2.96. The van der Waals surface area contributed by atoms with Gasteiger partial charge < -0.3 is 4.98 Å². The molecule has 0 spiro atoms. The van der Waals surface area contributed by atoms with E-state index in [0.29, 0.717) is 0 Å². The maximum Gasteiger partial charge on any atom is 0.134 e. The second-order valence-electron chi connectivity index (χ2n) is 2.27. The summed E-state index contributed by atoms with van der Waals surface area (Å²) >= 11 is 1.79. The second-order valence-corrected chi connectivity index (χ2v) is 3.16. The Balaban J connectivity index is 2.29. The average molecular weight is 164 g/mol. The zero-order chi connectivity index (χ0) is 7.52. The number of hydrogen-bond donors (Lipinski definition) is 1. The van der Waals surface area contributed by atoms with Gasteiger partial charge in [-0.1, -0.05) is 12.2 Å². The first-order chi connectivity index (χ1) is 5.47. The highest BCUT2D eigenvalue weighted by Crippen LogP contribution is 2.21. The molecule has 0 atom stereocenters. The van der Waals surface area contributed by atoms with Gasteiger partial charge in [-0.2, -0.15) is 0 Å². The van der Waals surface area contributed by atoms with Gasteiger partial charge in [-0.3, -0.25) is 0 Å². The molecular weight excluding hydrogens is 156 g/mol. The number of hydrogen-bond acceptors (Lipinski definition) is 2. The van der Waals surface area contributed by atoms with Crippen LogP contribution in [-0.4, -0.2) is 15.7 Å². The predicted molar refractivity (Wildman–Crippen MR) is 48.2 cm³/mol. The Hall–Kier alpha value is -0.960. The van der Waals surface area contributed by atoms with Crippen molar-refractivity contribution in [2.75, 3.05) is 5.75 Å². The largest absolute Gasteiger partial charge is 0.345 e. The zero-order valence-electron chi connectivity index (χ0n) is 5.95. The van der Waals surface area contributed by atoms with Gasteiger partial charge in [-0.25, -0.2) is 4.98 Å². The van der Waals surface area contributed by atoms with Gasteiger partial charge >= 0.3 is 0 Å². The van der Waals surface area contributed by atoms with E-state index in [-0.39, 0.29) is 0 Å². The van der Waals surface area contributed by atoms with Gasteiger partial charge in [-0.05, 0) is 5.41 Å². The normalized spacial score (nSPS) is 16.5. The molecule has 2 heterocycles. The molecule has 0 bridgehead atoms. The molecule has 0 saturated heterocycles. The quantitative estimate of drug-likeness (QED) is 0.688. The highest BCUT2D eigenvalue weighted by atomic mass is 32.2. The predicted octanol–water partition coefficient (Wildman–Crippen LogP) is 2.05. The molecule has 56 valence electrons. The average Bonchev–Trinajstić information content (AvgIpc) is 2.58. The molecule has 1 N–H and O–H groups in total. The van der Waals surface area contributed by atoms with Gasteiger partial charge in [0, 0.05) is 23.7 Å². The number of aromatic amines is 1. The summed E-state index contributed by atoms with van der Waals surface area (Å²) < 4.78 is 0. The molecule has 2 nitrogen and oxygen atoms in total. The SMILES string of the molecule is C1=CSCC(c2ncc[nH]2)=C1. The van der Waals surface area contributed by atoms with Crippen molar-refractivity contribution in [1.29, 1.82) is 0 Å². The number of nitrogens with one attached hydrogen (secondary N) is 1. The Morgan fingerprint density at radius 2 is 2.55 bits per heavy atom. The zero-order valence-corrected chi connectivity index (χ0v) is 6.77. The van der Waals surface area contributed by atoms with Crippen molar-refractivity contribution in [2.45, 2.75) is 0 Å². The Morgan fingerprint density at radius 1 is 1.55 bits per heavy atom. The minimum Gasteiger partial charge on any atom is -0.345 e. The van der Waals surface area contributed by atoms with Crippen LogP contribution in [0.3, 0.4) is 0 Å². The Labute approximate surface area is 69.4 Å². The van der Waals surface area contributed by atoms with Crippen LogP contribution in [0.5, 0.6) is 0 Å². The van der Waals surface area contributed by atoms with Crippen molar-refractivity contribution in [3.05, 3.63) is 35.8 Å². The summed E-state index contributed by atoms with van der Waals surface area (Å²) in [6, 6.07) is 0. The van der Waals surface area contributed by atoms with Crippen molar-refractivity contribution >= 4 is 17.3 Å². The van der Waals surface area contributed by atoms with E-state index in [9.17, 15) is 0 Å². The highest BCUT2D eigenvalue weighted by Gasteiger charge is 2.03. The topological polar surface area (TPSA) is 28.7 Å². The molecule has 0 radical (unpaired) electrons. The van der Waals surface area contributed by atoms with Gasteiger partial charge in [0.15, 0.2) is 0 Å². The minimum atomic E-state index is 0.988. The molecule has 0 aromatic carbocycles. The monoisotopic (exact) mass is 164 g/mol. The third-order valence-corrected chi connectivity index (χ3v) is 2.34. The van der Waals surface area contributed by atoms with Crippen LogP contribution < -0.4 is 0 Å². The summed E-state index contributed by atoms with van der Waals surface area (Å²) in [5.74, 6) is 2.01. The van der Waals surface area contributed by atoms with Gasteiger partial charge in [0.05, 0.1) is 0 Å². The van der Waals surface area contributed by atoms with E-state index in [2.05, 4.69) is 21.5 Å². The molecule has 1 aromatic rings. The number of allylic oxidation sites excluding steroid dienone is 2. The number of thioether (sulfide) groups is 1. The van der Waals surface area contributed by atoms with Crippen LogP contribution in [0.4, 0.5) is 0 Å². The maximum atomic E-state index is 4.17. The first-order valence-electron chi connectivity index (χ1n) is 3.44. The third-order valence-electron chi connectivity index (χ3n) is 1.51. The molecule has 1 aliphatic rings. The molecule has 2 rings (SSSR count). The lowest BCUT2D eigenvalue weighted by atomic mass is 10.2. The van der Waals surface area contributed by atoms with E-state index < -0.39 is 0 Å². The first kappa shape index (κ1) is 6.73. The van der Waals surface area contributed by atoms with Crippen LogP contribution in [0.15, 0.2) is 30.0 Å². The summed E-state index contributed by atoms with van der Waals surface area (Å²) in [5.41, 5.74) is 1.27. The molecule has 1 aromatic heterocycles. The van der Waals surface area contributed by atoms with E-state index in [1.54, 1.807) is 18.0 Å². The number of imidazole rings is 1. The van der Waals surface area contributed by atoms with E-state index in [4.69, 9.17) is 0 Å².